The highest BCUT2D eigenvalue weighted by atomic mass is 16.5. The van der Waals surface area contributed by atoms with Gasteiger partial charge in [0, 0.05) is 13.0 Å². The summed E-state index contributed by atoms with van der Waals surface area (Å²) < 4.78 is 10.7. The Hall–Kier alpha value is -1.35. The molecule has 106 valence electrons. The smallest absolute Gasteiger partial charge is 0.305 e. The fourth-order valence-electron chi connectivity index (χ4n) is 1.96. The Balaban J connectivity index is 0.000000861. The predicted octanol–water partition coefficient (Wildman–Crippen LogP) is 3.57. The van der Waals surface area contributed by atoms with E-state index in [1.165, 1.54) is 5.56 Å². The van der Waals surface area contributed by atoms with Gasteiger partial charge in [-0.05, 0) is 24.3 Å². The SMILES string of the molecule is CC.O=C1CCC(COCc2ccccc2)CCO1. The van der Waals surface area contributed by atoms with Gasteiger partial charge in [-0.1, -0.05) is 44.2 Å². The minimum absolute atomic E-state index is 0.0736. The summed E-state index contributed by atoms with van der Waals surface area (Å²) in [5.74, 6) is 0.376. The molecule has 1 fully saturated rings. The Kier molecular flexibility index (Phi) is 7.91. The lowest BCUT2D eigenvalue weighted by Gasteiger charge is -2.12. The van der Waals surface area contributed by atoms with E-state index in [0.29, 0.717) is 32.2 Å². The van der Waals surface area contributed by atoms with Crippen LogP contribution in [0.2, 0.25) is 0 Å². The van der Waals surface area contributed by atoms with Gasteiger partial charge in [-0.15, -0.1) is 0 Å². The van der Waals surface area contributed by atoms with E-state index in [-0.39, 0.29) is 5.97 Å². The van der Waals surface area contributed by atoms with E-state index in [4.69, 9.17) is 9.47 Å². The fourth-order valence-corrected chi connectivity index (χ4v) is 1.96. The number of benzene rings is 1. The van der Waals surface area contributed by atoms with Gasteiger partial charge >= 0.3 is 5.97 Å². The first-order valence-corrected chi connectivity index (χ1v) is 7.12. The van der Waals surface area contributed by atoms with Gasteiger partial charge in [0.2, 0.25) is 0 Å². The van der Waals surface area contributed by atoms with Crippen molar-refractivity contribution in [1.29, 1.82) is 0 Å². The first kappa shape index (κ1) is 15.7. The fraction of sp³-hybridized carbons (Fsp3) is 0.562. The molecule has 0 bridgehead atoms. The lowest BCUT2D eigenvalue weighted by atomic mass is 10.0. The van der Waals surface area contributed by atoms with Crippen molar-refractivity contribution >= 4 is 5.97 Å². The van der Waals surface area contributed by atoms with E-state index in [9.17, 15) is 4.79 Å². The molecule has 0 aromatic heterocycles. The van der Waals surface area contributed by atoms with Gasteiger partial charge in [0.1, 0.15) is 0 Å². The molecular weight excluding hydrogens is 240 g/mol. The maximum atomic E-state index is 11.1. The Morgan fingerprint density at radius 1 is 1.21 bits per heavy atom. The maximum absolute atomic E-state index is 11.1. The third-order valence-corrected chi connectivity index (χ3v) is 3.01. The summed E-state index contributed by atoms with van der Waals surface area (Å²) in [7, 11) is 0. The molecule has 1 saturated heterocycles. The molecule has 0 aliphatic carbocycles. The van der Waals surface area contributed by atoms with Crippen LogP contribution in [-0.4, -0.2) is 19.2 Å². The number of ether oxygens (including phenoxy) is 2. The molecule has 1 unspecified atom stereocenters. The van der Waals surface area contributed by atoms with Crippen LogP contribution in [0.3, 0.4) is 0 Å². The number of hydrogen-bond donors (Lipinski definition) is 0. The van der Waals surface area contributed by atoms with Crippen LogP contribution in [0.25, 0.3) is 0 Å². The zero-order chi connectivity index (χ0) is 13.9. The van der Waals surface area contributed by atoms with Gasteiger partial charge in [-0.25, -0.2) is 0 Å². The minimum Gasteiger partial charge on any atom is -0.466 e. The van der Waals surface area contributed by atoms with E-state index in [0.717, 1.165) is 12.8 Å². The molecule has 1 aliphatic rings. The Morgan fingerprint density at radius 3 is 2.68 bits per heavy atom. The second-order valence-electron chi connectivity index (χ2n) is 4.41. The van der Waals surface area contributed by atoms with Gasteiger partial charge in [0.05, 0.1) is 13.2 Å². The van der Waals surface area contributed by atoms with Crippen molar-refractivity contribution in [2.24, 2.45) is 5.92 Å². The van der Waals surface area contributed by atoms with Crippen LogP contribution < -0.4 is 0 Å². The van der Waals surface area contributed by atoms with Gasteiger partial charge in [-0.3, -0.25) is 4.79 Å². The minimum atomic E-state index is -0.0736. The van der Waals surface area contributed by atoms with Crippen molar-refractivity contribution in [3.05, 3.63) is 35.9 Å². The Bertz CT molecular complexity index is 348. The second kappa shape index (κ2) is 9.56. The lowest BCUT2D eigenvalue weighted by molar-refractivity contribution is -0.142. The first-order valence-electron chi connectivity index (χ1n) is 7.12. The Morgan fingerprint density at radius 2 is 1.95 bits per heavy atom. The van der Waals surface area contributed by atoms with Crippen LogP contribution in [0.4, 0.5) is 0 Å². The average Bonchev–Trinajstić information content (AvgIpc) is 2.67. The number of carbonyl (C=O) groups excluding carboxylic acids is 1. The molecule has 1 aromatic carbocycles. The van der Waals surface area contributed by atoms with Gasteiger partial charge < -0.3 is 9.47 Å². The summed E-state index contributed by atoms with van der Waals surface area (Å²) in [5.41, 5.74) is 1.19. The van der Waals surface area contributed by atoms with Crippen LogP contribution in [0.15, 0.2) is 30.3 Å². The molecule has 3 nitrogen and oxygen atoms in total. The van der Waals surface area contributed by atoms with Crippen LogP contribution in [0.5, 0.6) is 0 Å². The topological polar surface area (TPSA) is 35.5 Å². The molecule has 1 aliphatic heterocycles. The summed E-state index contributed by atoms with van der Waals surface area (Å²) in [6.45, 7) is 5.90. The highest BCUT2D eigenvalue weighted by Gasteiger charge is 2.17. The number of carbonyl (C=O) groups is 1. The third kappa shape index (κ3) is 6.39. The van der Waals surface area contributed by atoms with Gasteiger partial charge in [0.25, 0.3) is 0 Å². The van der Waals surface area contributed by atoms with Crippen LogP contribution >= 0.6 is 0 Å². The van der Waals surface area contributed by atoms with Crippen LogP contribution in [0.1, 0.15) is 38.7 Å². The standard InChI is InChI=1S/C14H18O3.C2H6/c15-14-7-6-13(8-9-17-14)11-16-10-12-4-2-1-3-5-12;1-2/h1-5,13H,6-11H2;1-2H3. The van der Waals surface area contributed by atoms with Crippen molar-refractivity contribution < 1.29 is 14.3 Å². The molecule has 1 heterocycles. The zero-order valence-electron chi connectivity index (χ0n) is 11.9. The lowest BCUT2D eigenvalue weighted by Crippen LogP contribution is -2.10. The molecule has 0 radical (unpaired) electrons. The van der Waals surface area contributed by atoms with Gasteiger partial charge in [0.15, 0.2) is 0 Å². The third-order valence-electron chi connectivity index (χ3n) is 3.01. The van der Waals surface area contributed by atoms with Crippen molar-refractivity contribution in [3.63, 3.8) is 0 Å². The second-order valence-corrected chi connectivity index (χ2v) is 4.41. The van der Waals surface area contributed by atoms with Crippen molar-refractivity contribution in [3.8, 4) is 0 Å². The molecule has 1 atom stereocenters. The van der Waals surface area contributed by atoms with Crippen molar-refractivity contribution in [1.82, 2.24) is 0 Å². The number of rotatable bonds is 4. The summed E-state index contributed by atoms with van der Waals surface area (Å²) in [4.78, 5) is 11.1. The molecule has 1 aromatic rings. The number of esters is 1. The van der Waals surface area contributed by atoms with Crippen LogP contribution in [-0.2, 0) is 20.9 Å². The molecule has 0 spiro atoms. The highest BCUT2D eigenvalue weighted by molar-refractivity contribution is 5.69. The largest absolute Gasteiger partial charge is 0.466 e. The highest BCUT2D eigenvalue weighted by Crippen LogP contribution is 2.17. The van der Waals surface area contributed by atoms with E-state index < -0.39 is 0 Å². The van der Waals surface area contributed by atoms with E-state index in [1.807, 2.05) is 32.0 Å². The summed E-state index contributed by atoms with van der Waals surface area (Å²) >= 11 is 0. The number of cyclic esters (lactones) is 1. The summed E-state index contributed by atoms with van der Waals surface area (Å²) in [6, 6.07) is 10.1. The molecule has 0 saturated carbocycles. The van der Waals surface area contributed by atoms with Crippen molar-refractivity contribution in [2.45, 2.75) is 39.7 Å². The average molecular weight is 264 g/mol. The molecule has 0 N–H and O–H groups in total. The van der Waals surface area contributed by atoms with Crippen LogP contribution in [0, 0.1) is 5.92 Å². The number of hydrogen-bond acceptors (Lipinski definition) is 3. The maximum Gasteiger partial charge on any atom is 0.305 e. The first-order chi connectivity index (χ1) is 9.34. The summed E-state index contributed by atoms with van der Waals surface area (Å²) in [6.07, 6.45) is 2.33. The molecule has 19 heavy (non-hydrogen) atoms. The molecule has 3 heteroatoms. The van der Waals surface area contributed by atoms with E-state index >= 15 is 0 Å². The Labute approximate surface area is 115 Å². The van der Waals surface area contributed by atoms with E-state index in [1.54, 1.807) is 0 Å². The molecular formula is C16H24O3. The molecule has 0 amide bonds. The zero-order valence-corrected chi connectivity index (χ0v) is 11.9. The normalized spacial score (nSPS) is 18.8. The van der Waals surface area contributed by atoms with Gasteiger partial charge in [-0.2, -0.15) is 0 Å². The summed E-state index contributed by atoms with van der Waals surface area (Å²) in [5, 5.41) is 0. The van der Waals surface area contributed by atoms with E-state index in [2.05, 4.69) is 12.1 Å². The van der Waals surface area contributed by atoms with Crippen molar-refractivity contribution in [2.75, 3.05) is 13.2 Å². The quantitative estimate of drug-likeness (QED) is 0.780. The molecule has 2 rings (SSSR count). The monoisotopic (exact) mass is 264 g/mol. The predicted molar refractivity (Wildman–Crippen MR) is 75.7 cm³/mol.